The SMILES string of the molecule is CCOc1ccc(C(=O)OCC(=O)Nc2ccc(C)cc2)cc1C. The van der Waals surface area contributed by atoms with Crippen molar-refractivity contribution in [1.29, 1.82) is 0 Å². The first-order valence-electron chi connectivity index (χ1n) is 7.76. The minimum Gasteiger partial charge on any atom is -0.494 e. The Kier molecular flexibility index (Phi) is 5.95. The van der Waals surface area contributed by atoms with Crippen molar-refractivity contribution in [3.63, 3.8) is 0 Å². The molecule has 0 saturated heterocycles. The van der Waals surface area contributed by atoms with Crippen molar-refractivity contribution in [2.45, 2.75) is 20.8 Å². The molecule has 5 nitrogen and oxygen atoms in total. The molecular weight excluding hydrogens is 306 g/mol. The van der Waals surface area contributed by atoms with Crippen LogP contribution < -0.4 is 10.1 Å². The van der Waals surface area contributed by atoms with E-state index in [0.29, 0.717) is 17.9 Å². The molecule has 0 saturated carbocycles. The number of esters is 1. The lowest BCUT2D eigenvalue weighted by molar-refractivity contribution is -0.119. The van der Waals surface area contributed by atoms with E-state index in [0.717, 1.165) is 16.9 Å². The predicted octanol–water partition coefficient (Wildman–Crippen LogP) is 3.50. The Morgan fingerprint density at radius 3 is 2.38 bits per heavy atom. The van der Waals surface area contributed by atoms with Crippen LogP contribution in [0, 0.1) is 13.8 Å². The van der Waals surface area contributed by atoms with Gasteiger partial charge in [-0.05, 0) is 56.7 Å². The van der Waals surface area contributed by atoms with Gasteiger partial charge in [-0.2, -0.15) is 0 Å². The van der Waals surface area contributed by atoms with Crippen LogP contribution in [0.3, 0.4) is 0 Å². The van der Waals surface area contributed by atoms with Crippen LogP contribution in [0.15, 0.2) is 42.5 Å². The third-order valence-corrected chi connectivity index (χ3v) is 3.38. The summed E-state index contributed by atoms with van der Waals surface area (Å²) < 4.78 is 10.5. The molecule has 5 heteroatoms. The fourth-order valence-corrected chi connectivity index (χ4v) is 2.14. The van der Waals surface area contributed by atoms with Crippen LogP contribution in [-0.4, -0.2) is 25.1 Å². The number of hydrogen-bond donors (Lipinski definition) is 1. The summed E-state index contributed by atoms with van der Waals surface area (Å²) in [6, 6.07) is 12.4. The minimum atomic E-state index is -0.541. The topological polar surface area (TPSA) is 64.6 Å². The van der Waals surface area contributed by atoms with Gasteiger partial charge in [0.25, 0.3) is 5.91 Å². The molecule has 0 aliphatic heterocycles. The molecular formula is C19H21NO4. The van der Waals surface area contributed by atoms with Crippen LogP contribution in [0.1, 0.15) is 28.4 Å². The number of benzene rings is 2. The van der Waals surface area contributed by atoms with Crippen molar-refractivity contribution < 1.29 is 19.1 Å². The van der Waals surface area contributed by atoms with Gasteiger partial charge in [0.2, 0.25) is 0 Å². The third-order valence-electron chi connectivity index (χ3n) is 3.38. The van der Waals surface area contributed by atoms with Crippen LogP contribution >= 0.6 is 0 Å². The molecule has 126 valence electrons. The molecule has 0 aliphatic rings. The highest BCUT2D eigenvalue weighted by atomic mass is 16.5. The summed E-state index contributed by atoms with van der Waals surface area (Å²) in [5.41, 5.74) is 3.00. The first-order valence-corrected chi connectivity index (χ1v) is 7.76. The van der Waals surface area contributed by atoms with E-state index in [4.69, 9.17) is 9.47 Å². The van der Waals surface area contributed by atoms with Crippen molar-refractivity contribution >= 4 is 17.6 Å². The molecule has 2 rings (SSSR count). The van der Waals surface area contributed by atoms with Gasteiger partial charge in [-0.3, -0.25) is 4.79 Å². The number of carbonyl (C=O) groups is 2. The lowest BCUT2D eigenvalue weighted by Crippen LogP contribution is -2.21. The maximum absolute atomic E-state index is 12.0. The molecule has 24 heavy (non-hydrogen) atoms. The molecule has 2 aromatic rings. The molecule has 1 amide bonds. The molecule has 2 aromatic carbocycles. The van der Waals surface area contributed by atoms with Gasteiger partial charge in [0.05, 0.1) is 12.2 Å². The summed E-state index contributed by atoms with van der Waals surface area (Å²) in [5, 5.41) is 2.68. The maximum atomic E-state index is 12.0. The van der Waals surface area contributed by atoms with E-state index in [2.05, 4.69) is 5.32 Å². The molecule has 0 aliphatic carbocycles. The van der Waals surface area contributed by atoms with Crippen LogP contribution in [-0.2, 0) is 9.53 Å². The smallest absolute Gasteiger partial charge is 0.338 e. The zero-order valence-electron chi connectivity index (χ0n) is 14.1. The van der Waals surface area contributed by atoms with Gasteiger partial charge in [-0.15, -0.1) is 0 Å². The van der Waals surface area contributed by atoms with E-state index in [1.165, 1.54) is 0 Å². The van der Waals surface area contributed by atoms with E-state index < -0.39 is 5.97 Å². The van der Waals surface area contributed by atoms with Crippen molar-refractivity contribution in [3.8, 4) is 5.75 Å². The van der Waals surface area contributed by atoms with E-state index >= 15 is 0 Å². The lowest BCUT2D eigenvalue weighted by Gasteiger charge is -2.09. The van der Waals surface area contributed by atoms with Crippen LogP contribution in [0.25, 0.3) is 0 Å². The van der Waals surface area contributed by atoms with Gasteiger partial charge >= 0.3 is 5.97 Å². The number of ether oxygens (including phenoxy) is 2. The first-order chi connectivity index (χ1) is 11.5. The fraction of sp³-hybridized carbons (Fsp3) is 0.263. The third kappa shape index (κ3) is 4.84. The zero-order valence-corrected chi connectivity index (χ0v) is 14.1. The highest BCUT2D eigenvalue weighted by Crippen LogP contribution is 2.19. The van der Waals surface area contributed by atoms with E-state index in [1.807, 2.05) is 32.9 Å². The zero-order chi connectivity index (χ0) is 17.5. The second-order valence-electron chi connectivity index (χ2n) is 5.40. The molecule has 1 N–H and O–H groups in total. The molecule has 0 unspecified atom stereocenters. The number of amides is 1. The molecule has 0 atom stereocenters. The molecule has 0 aromatic heterocycles. The molecule has 0 heterocycles. The van der Waals surface area contributed by atoms with Crippen molar-refractivity contribution in [2.75, 3.05) is 18.5 Å². The van der Waals surface area contributed by atoms with Crippen LogP contribution in [0.4, 0.5) is 5.69 Å². The normalized spacial score (nSPS) is 10.1. The Labute approximate surface area is 141 Å². The second kappa shape index (κ2) is 8.15. The van der Waals surface area contributed by atoms with E-state index in [-0.39, 0.29) is 12.5 Å². The quantitative estimate of drug-likeness (QED) is 0.825. The highest BCUT2D eigenvalue weighted by molar-refractivity contribution is 5.95. The standard InChI is InChI=1S/C19H21NO4/c1-4-23-17-10-7-15(11-14(17)3)19(22)24-12-18(21)20-16-8-5-13(2)6-9-16/h5-11H,4,12H2,1-3H3,(H,20,21). The summed E-state index contributed by atoms with van der Waals surface area (Å²) in [6.45, 7) is 5.94. The number of hydrogen-bond acceptors (Lipinski definition) is 4. The van der Waals surface area contributed by atoms with Crippen molar-refractivity contribution in [1.82, 2.24) is 0 Å². The van der Waals surface area contributed by atoms with Crippen LogP contribution in [0.5, 0.6) is 5.75 Å². The fourth-order valence-electron chi connectivity index (χ4n) is 2.14. The van der Waals surface area contributed by atoms with Crippen molar-refractivity contribution in [3.05, 3.63) is 59.2 Å². The predicted molar refractivity (Wildman–Crippen MR) is 92.4 cm³/mol. The Morgan fingerprint density at radius 1 is 1.04 bits per heavy atom. The monoisotopic (exact) mass is 327 g/mol. The first kappa shape index (κ1) is 17.5. The maximum Gasteiger partial charge on any atom is 0.338 e. The Morgan fingerprint density at radius 2 is 1.75 bits per heavy atom. The molecule has 0 fully saturated rings. The lowest BCUT2D eigenvalue weighted by atomic mass is 10.1. The average Bonchev–Trinajstić information content (AvgIpc) is 2.57. The molecule has 0 radical (unpaired) electrons. The summed E-state index contributed by atoms with van der Waals surface area (Å²) in [4.78, 5) is 23.9. The van der Waals surface area contributed by atoms with Gasteiger partial charge in [-0.1, -0.05) is 17.7 Å². The summed E-state index contributed by atoms with van der Waals surface area (Å²) >= 11 is 0. The van der Waals surface area contributed by atoms with Crippen molar-refractivity contribution in [2.24, 2.45) is 0 Å². The number of carbonyl (C=O) groups excluding carboxylic acids is 2. The van der Waals surface area contributed by atoms with Crippen LogP contribution in [0.2, 0.25) is 0 Å². The second-order valence-corrected chi connectivity index (χ2v) is 5.40. The number of anilines is 1. The molecule has 0 bridgehead atoms. The molecule has 0 spiro atoms. The van der Waals surface area contributed by atoms with Gasteiger partial charge < -0.3 is 14.8 Å². The van der Waals surface area contributed by atoms with E-state index in [9.17, 15) is 9.59 Å². The number of aryl methyl sites for hydroxylation is 2. The Bertz CT molecular complexity index is 723. The highest BCUT2D eigenvalue weighted by Gasteiger charge is 2.12. The number of nitrogens with one attached hydrogen (secondary N) is 1. The van der Waals surface area contributed by atoms with E-state index in [1.54, 1.807) is 30.3 Å². The minimum absolute atomic E-state index is 0.334. The summed E-state index contributed by atoms with van der Waals surface area (Å²) in [7, 11) is 0. The summed E-state index contributed by atoms with van der Waals surface area (Å²) in [6.07, 6.45) is 0. The van der Waals surface area contributed by atoms with Gasteiger partial charge in [-0.25, -0.2) is 4.79 Å². The Balaban J connectivity index is 1.89. The van der Waals surface area contributed by atoms with Gasteiger partial charge in [0, 0.05) is 5.69 Å². The van der Waals surface area contributed by atoms with Gasteiger partial charge in [0.15, 0.2) is 6.61 Å². The largest absolute Gasteiger partial charge is 0.494 e. The average molecular weight is 327 g/mol. The Hall–Kier alpha value is -2.82. The summed E-state index contributed by atoms with van der Waals surface area (Å²) in [5.74, 6) is -0.193. The van der Waals surface area contributed by atoms with Gasteiger partial charge in [0.1, 0.15) is 5.75 Å². The number of rotatable bonds is 6.